The quantitative estimate of drug-likeness (QED) is 0.821. The maximum absolute atomic E-state index is 12.7. The molecule has 3 rings (SSSR count). The minimum Gasteiger partial charge on any atom is -0.347 e. The lowest BCUT2D eigenvalue weighted by molar-refractivity contribution is -0.142. The average Bonchev–Trinajstić information content (AvgIpc) is 3.06. The fourth-order valence-corrected chi connectivity index (χ4v) is 3.13. The molecule has 24 heavy (non-hydrogen) atoms. The highest BCUT2D eigenvalue weighted by Crippen LogP contribution is 2.19. The topological polar surface area (TPSA) is 75.5 Å². The number of likely N-dealkylation sites (tertiary alicyclic amines) is 1. The number of amides is 2. The minimum absolute atomic E-state index is 0.0119. The normalized spacial score (nSPS) is 17.2. The van der Waals surface area contributed by atoms with Crippen LogP contribution in [0.1, 0.15) is 12.8 Å². The number of hydrogen-bond donors (Lipinski definition) is 0. The zero-order valence-corrected chi connectivity index (χ0v) is 13.8. The van der Waals surface area contributed by atoms with Crippen LogP contribution >= 0.6 is 0 Å². The lowest BCUT2D eigenvalue weighted by Gasteiger charge is -2.26. The minimum atomic E-state index is -0.404. The second-order valence-corrected chi connectivity index (χ2v) is 6.16. The van der Waals surface area contributed by atoms with Crippen molar-refractivity contribution >= 4 is 22.7 Å². The highest BCUT2D eigenvalue weighted by molar-refractivity contribution is 5.88. The van der Waals surface area contributed by atoms with Crippen LogP contribution in [0.2, 0.25) is 0 Å². The molecule has 1 atom stereocenters. The second-order valence-electron chi connectivity index (χ2n) is 6.16. The molecule has 2 heterocycles. The van der Waals surface area contributed by atoms with Crippen LogP contribution < -0.4 is 5.43 Å². The molecule has 2 amide bonds. The van der Waals surface area contributed by atoms with Crippen molar-refractivity contribution < 1.29 is 9.59 Å². The molecule has 1 aromatic carbocycles. The largest absolute Gasteiger partial charge is 0.347 e. The van der Waals surface area contributed by atoms with Gasteiger partial charge in [-0.25, -0.2) is 0 Å². The average molecular weight is 328 g/mol. The molecule has 1 aromatic heterocycles. The van der Waals surface area contributed by atoms with Gasteiger partial charge in [0.05, 0.1) is 11.7 Å². The number of hydrogen-bond acceptors (Lipinski definition) is 4. The molecule has 1 unspecified atom stereocenters. The Morgan fingerprint density at radius 2 is 2.04 bits per heavy atom. The third-order valence-electron chi connectivity index (χ3n) is 4.35. The van der Waals surface area contributed by atoms with Crippen LogP contribution in [0.15, 0.2) is 35.3 Å². The van der Waals surface area contributed by atoms with Crippen LogP contribution in [0.4, 0.5) is 0 Å². The maximum atomic E-state index is 12.7. The van der Waals surface area contributed by atoms with E-state index in [-0.39, 0.29) is 23.8 Å². The van der Waals surface area contributed by atoms with Gasteiger partial charge >= 0.3 is 0 Å². The fourth-order valence-electron chi connectivity index (χ4n) is 3.13. The molecule has 1 saturated heterocycles. The van der Waals surface area contributed by atoms with E-state index in [4.69, 9.17) is 0 Å². The van der Waals surface area contributed by atoms with E-state index >= 15 is 0 Å². The summed E-state index contributed by atoms with van der Waals surface area (Å²) in [5.74, 6) is -0.215. The predicted molar refractivity (Wildman–Crippen MR) is 89.4 cm³/mol. The Hall–Kier alpha value is -2.70. The molecule has 7 nitrogen and oxygen atoms in total. The summed E-state index contributed by atoms with van der Waals surface area (Å²) < 4.78 is 1.52. The summed E-state index contributed by atoms with van der Waals surface area (Å²) in [7, 11) is 3.39. The van der Waals surface area contributed by atoms with Crippen molar-refractivity contribution in [3.63, 3.8) is 0 Å². The van der Waals surface area contributed by atoms with E-state index in [0.717, 1.165) is 6.42 Å². The van der Waals surface area contributed by atoms with Gasteiger partial charge in [0.25, 0.3) is 0 Å². The van der Waals surface area contributed by atoms with E-state index in [0.29, 0.717) is 23.9 Å². The molecule has 1 aliphatic heterocycles. The lowest BCUT2D eigenvalue weighted by Crippen LogP contribution is -2.46. The van der Waals surface area contributed by atoms with Gasteiger partial charge in [-0.3, -0.25) is 19.1 Å². The van der Waals surface area contributed by atoms with Crippen LogP contribution in [0.25, 0.3) is 10.9 Å². The Kier molecular flexibility index (Phi) is 4.33. The van der Waals surface area contributed by atoms with Crippen molar-refractivity contribution in [1.29, 1.82) is 0 Å². The van der Waals surface area contributed by atoms with E-state index in [1.54, 1.807) is 43.3 Å². The Bertz CT molecular complexity index is 843. The third kappa shape index (κ3) is 2.89. The summed E-state index contributed by atoms with van der Waals surface area (Å²) in [5, 5.41) is 4.61. The summed E-state index contributed by atoms with van der Waals surface area (Å²) in [6.45, 7) is 0.583. The molecular formula is C17H20N4O3. The Morgan fingerprint density at radius 3 is 2.79 bits per heavy atom. The molecule has 0 N–H and O–H groups in total. The van der Waals surface area contributed by atoms with E-state index in [1.165, 1.54) is 15.8 Å². The number of rotatable bonds is 3. The van der Waals surface area contributed by atoms with Gasteiger partial charge in [0.1, 0.15) is 12.6 Å². The first-order chi connectivity index (χ1) is 11.5. The van der Waals surface area contributed by atoms with Crippen molar-refractivity contribution in [2.45, 2.75) is 25.4 Å². The van der Waals surface area contributed by atoms with Gasteiger partial charge < -0.3 is 9.80 Å². The van der Waals surface area contributed by atoms with Crippen molar-refractivity contribution in [2.75, 3.05) is 20.6 Å². The van der Waals surface area contributed by atoms with Crippen LogP contribution in [0, 0.1) is 0 Å². The standard InChI is InChI=1S/C17H20N4O3/c1-19(2)17(24)14-8-5-9-20(14)16(23)11-21-13-7-4-3-6-12(13)15(22)10-18-21/h3-4,6-7,10,14H,5,8-9,11H2,1-2H3. The zero-order valence-electron chi connectivity index (χ0n) is 13.8. The molecule has 0 spiro atoms. The molecule has 1 fully saturated rings. The van der Waals surface area contributed by atoms with Gasteiger partial charge in [-0.05, 0) is 25.0 Å². The SMILES string of the molecule is CN(C)C(=O)C1CCCN1C(=O)Cn1ncc(=O)c2ccccc21. The van der Waals surface area contributed by atoms with Gasteiger partial charge in [-0.2, -0.15) is 5.10 Å². The third-order valence-corrected chi connectivity index (χ3v) is 4.35. The molecule has 1 aliphatic rings. The molecule has 0 bridgehead atoms. The first-order valence-electron chi connectivity index (χ1n) is 7.94. The van der Waals surface area contributed by atoms with Crippen LogP contribution in [0.3, 0.4) is 0 Å². The summed E-state index contributed by atoms with van der Waals surface area (Å²) in [4.78, 5) is 39.9. The maximum Gasteiger partial charge on any atom is 0.245 e. The van der Waals surface area contributed by atoms with Gasteiger partial charge in [0.15, 0.2) is 0 Å². The number of likely N-dealkylation sites (N-methyl/N-ethyl adjacent to an activating group) is 1. The summed E-state index contributed by atoms with van der Waals surface area (Å²) in [5.41, 5.74) is 0.448. The molecule has 0 aliphatic carbocycles. The number of carbonyl (C=O) groups excluding carboxylic acids is 2. The van der Waals surface area contributed by atoms with Crippen LogP contribution in [0.5, 0.6) is 0 Å². The molecule has 126 valence electrons. The fraction of sp³-hybridized carbons (Fsp3) is 0.412. The van der Waals surface area contributed by atoms with Crippen LogP contribution in [-0.2, 0) is 16.1 Å². The number of carbonyl (C=O) groups is 2. The molecule has 0 saturated carbocycles. The van der Waals surface area contributed by atoms with Gasteiger partial charge in [0, 0.05) is 26.0 Å². The molecule has 7 heteroatoms. The van der Waals surface area contributed by atoms with E-state index < -0.39 is 6.04 Å². The van der Waals surface area contributed by atoms with Crippen molar-refractivity contribution in [1.82, 2.24) is 19.6 Å². The Balaban J connectivity index is 1.86. The highest BCUT2D eigenvalue weighted by Gasteiger charge is 2.34. The van der Waals surface area contributed by atoms with E-state index in [9.17, 15) is 14.4 Å². The summed E-state index contributed by atoms with van der Waals surface area (Å²) in [6.07, 6.45) is 2.72. The van der Waals surface area contributed by atoms with Crippen LogP contribution in [-0.4, -0.2) is 58.1 Å². The van der Waals surface area contributed by atoms with Gasteiger partial charge in [0.2, 0.25) is 17.2 Å². The van der Waals surface area contributed by atoms with Gasteiger partial charge in [-0.1, -0.05) is 12.1 Å². The Morgan fingerprint density at radius 1 is 1.29 bits per heavy atom. The predicted octanol–water partition coefficient (Wildman–Crippen LogP) is 0.476. The number of para-hydroxylation sites is 1. The van der Waals surface area contributed by atoms with Crippen molar-refractivity contribution in [3.8, 4) is 0 Å². The first-order valence-corrected chi connectivity index (χ1v) is 7.94. The summed E-state index contributed by atoms with van der Waals surface area (Å²) in [6, 6.07) is 6.66. The Labute approximate surface area is 139 Å². The van der Waals surface area contributed by atoms with Crippen molar-refractivity contribution in [3.05, 3.63) is 40.7 Å². The number of fused-ring (bicyclic) bond motifs is 1. The van der Waals surface area contributed by atoms with Gasteiger partial charge in [-0.15, -0.1) is 0 Å². The zero-order chi connectivity index (χ0) is 17.3. The molecule has 2 aromatic rings. The highest BCUT2D eigenvalue weighted by atomic mass is 16.2. The second kappa shape index (κ2) is 6.43. The smallest absolute Gasteiger partial charge is 0.245 e. The first kappa shape index (κ1) is 16.2. The lowest BCUT2D eigenvalue weighted by atomic mass is 10.2. The van der Waals surface area contributed by atoms with E-state index in [2.05, 4.69) is 5.10 Å². The number of benzene rings is 1. The van der Waals surface area contributed by atoms with E-state index in [1.807, 2.05) is 0 Å². The summed E-state index contributed by atoms with van der Waals surface area (Å²) >= 11 is 0. The molecular weight excluding hydrogens is 308 g/mol. The van der Waals surface area contributed by atoms with Crippen molar-refractivity contribution in [2.24, 2.45) is 0 Å². The monoisotopic (exact) mass is 328 g/mol. The number of nitrogens with zero attached hydrogens (tertiary/aromatic N) is 4. The number of aromatic nitrogens is 2. The molecule has 0 radical (unpaired) electrons.